The lowest BCUT2D eigenvalue weighted by Crippen LogP contribution is -2.25. The topological polar surface area (TPSA) is 90.5 Å². The molecule has 0 aliphatic carbocycles. The number of hydrogen-bond donors (Lipinski definition) is 1. The maximum atomic E-state index is 13.0. The molecule has 1 aromatic carbocycles. The molecule has 0 saturated carbocycles. The van der Waals surface area contributed by atoms with Gasteiger partial charge in [0, 0.05) is 25.4 Å². The molecule has 1 atom stereocenters. The highest BCUT2D eigenvalue weighted by Crippen LogP contribution is 2.23. The number of thiophene rings is 1. The third kappa shape index (κ3) is 4.25. The van der Waals surface area contributed by atoms with E-state index >= 15 is 0 Å². The van der Waals surface area contributed by atoms with Crippen molar-refractivity contribution < 1.29 is 9.53 Å². The average molecular weight is 454 g/mol. The van der Waals surface area contributed by atoms with Crippen LogP contribution in [0.1, 0.15) is 50.5 Å². The molecule has 4 aromatic rings. The highest BCUT2D eigenvalue weighted by molar-refractivity contribution is 7.17. The summed E-state index contributed by atoms with van der Waals surface area (Å²) in [6, 6.07) is 9.60. The fourth-order valence-electron chi connectivity index (χ4n) is 3.77. The normalized spacial score (nSPS) is 12.3. The van der Waals surface area contributed by atoms with Crippen LogP contribution in [0.4, 0.5) is 0 Å². The van der Waals surface area contributed by atoms with Crippen molar-refractivity contribution in [1.29, 1.82) is 0 Å². The van der Waals surface area contributed by atoms with Gasteiger partial charge in [0.15, 0.2) is 0 Å². The van der Waals surface area contributed by atoms with Crippen molar-refractivity contribution in [3.63, 3.8) is 0 Å². The average Bonchev–Trinajstić information content (AvgIpc) is 3.45. The van der Waals surface area contributed by atoms with E-state index in [4.69, 9.17) is 4.74 Å². The third-order valence-corrected chi connectivity index (χ3v) is 6.58. The Labute approximate surface area is 189 Å². The molecule has 32 heavy (non-hydrogen) atoms. The van der Waals surface area contributed by atoms with Crippen LogP contribution in [0.15, 0.2) is 40.5 Å². The number of aryl methyl sites for hydroxylation is 1. The van der Waals surface area contributed by atoms with Crippen molar-refractivity contribution in [3.8, 4) is 5.75 Å². The second kappa shape index (κ2) is 9.52. The summed E-state index contributed by atoms with van der Waals surface area (Å²) < 4.78 is 9.62. The summed E-state index contributed by atoms with van der Waals surface area (Å²) >= 11 is 1.44. The maximum Gasteiger partial charge on any atom is 0.273 e. The molecule has 0 fully saturated rings. The lowest BCUT2D eigenvalue weighted by Gasteiger charge is -2.14. The number of aromatic nitrogens is 4. The minimum atomic E-state index is -0.0206. The molecule has 168 valence electrons. The zero-order chi connectivity index (χ0) is 22.7. The number of carbonyl (C=O) groups excluding carboxylic acids is 1. The number of carbonyl (C=O) groups is 1. The van der Waals surface area contributed by atoms with Crippen molar-refractivity contribution in [2.75, 3.05) is 7.11 Å². The van der Waals surface area contributed by atoms with E-state index in [0.29, 0.717) is 36.3 Å². The molecule has 0 spiro atoms. The van der Waals surface area contributed by atoms with Crippen LogP contribution in [0.2, 0.25) is 0 Å². The number of amides is 1. The smallest absolute Gasteiger partial charge is 0.273 e. The number of nitrogens with zero attached hydrogens (tertiary/aromatic N) is 4. The van der Waals surface area contributed by atoms with E-state index in [9.17, 15) is 9.59 Å². The summed E-state index contributed by atoms with van der Waals surface area (Å²) in [5.41, 5.74) is 1.80. The zero-order valence-corrected chi connectivity index (χ0v) is 19.3. The first-order chi connectivity index (χ1) is 15.5. The van der Waals surface area contributed by atoms with Gasteiger partial charge in [-0.05, 0) is 48.9 Å². The lowest BCUT2D eigenvalue weighted by molar-refractivity contribution is -0.121. The first kappa shape index (κ1) is 22.0. The largest absolute Gasteiger partial charge is 0.497 e. The van der Waals surface area contributed by atoms with E-state index in [0.717, 1.165) is 29.1 Å². The second-order valence-electron chi connectivity index (χ2n) is 7.80. The summed E-state index contributed by atoms with van der Waals surface area (Å²) in [5, 5.41) is 13.6. The molecule has 1 amide bonds. The van der Waals surface area contributed by atoms with Gasteiger partial charge in [-0.1, -0.05) is 19.1 Å². The van der Waals surface area contributed by atoms with Crippen LogP contribution >= 0.6 is 11.3 Å². The van der Waals surface area contributed by atoms with Crippen LogP contribution in [0, 0.1) is 0 Å². The van der Waals surface area contributed by atoms with E-state index in [1.165, 1.54) is 11.3 Å². The van der Waals surface area contributed by atoms with E-state index in [1.807, 2.05) is 54.0 Å². The number of rotatable bonds is 9. The Morgan fingerprint density at radius 2 is 2.12 bits per heavy atom. The summed E-state index contributed by atoms with van der Waals surface area (Å²) in [5.74, 6) is 2.08. The SMILES string of the molecule is CC[C@@H](C)n1c(=O)c2sccc2n2c(CCCC(=O)NCc3cccc(OC)c3)nnc12. The fraction of sp³-hybridized carbons (Fsp3) is 0.391. The van der Waals surface area contributed by atoms with Crippen molar-refractivity contribution in [2.45, 2.75) is 52.1 Å². The number of nitrogens with one attached hydrogen (secondary N) is 1. The van der Waals surface area contributed by atoms with Crippen LogP contribution in [-0.2, 0) is 17.8 Å². The van der Waals surface area contributed by atoms with Gasteiger partial charge in [-0.2, -0.15) is 0 Å². The van der Waals surface area contributed by atoms with Gasteiger partial charge in [0.05, 0.1) is 12.6 Å². The first-order valence-corrected chi connectivity index (χ1v) is 11.7. The molecular formula is C23H27N5O3S. The molecule has 8 nitrogen and oxygen atoms in total. The highest BCUT2D eigenvalue weighted by Gasteiger charge is 2.19. The highest BCUT2D eigenvalue weighted by atomic mass is 32.1. The molecule has 0 saturated heterocycles. The van der Waals surface area contributed by atoms with Crippen molar-refractivity contribution in [2.24, 2.45) is 0 Å². The first-order valence-electron chi connectivity index (χ1n) is 10.8. The van der Waals surface area contributed by atoms with Gasteiger partial charge >= 0.3 is 0 Å². The Bertz CT molecular complexity index is 1310. The minimum Gasteiger partial charge on any atom is -0.497 e. The quantitative estimate of drug-likeness (QED) is 0.417. The standard InChI is InChI=1S/C23H27N5O3S/c1-4-15(2)27-22(30)21-18(11-12-32-21)28-19(25-26-23(27)28)9-6-10-20(29)24-14-16-7-5-8-17(13-16)31-3/h5,7-8,11-13,15H,4,6,9-10,14H2,1-3H3,(H,24,29)/t15-/m1/s1. The van der Waals surface area contributed by atoms with Gasteiger partial charge in [0.25, 0.3) is 5.56 Å². The summed E-state index contributed by atoms with van der Waals surface area (Å²) in [7, 11) is 1.62. The third-order valence-electron chi connectivity index (χ3n) is 5.69. The molecule has 1 N–H and O–H groups in total. The Balaban J connectivity index is 1.46. The summed E-state index contributed by atoms with van der Waals surface area (Å²) in [6.07, 6.45) is 2.44. The molecular weight excluding hydrogens is 426 g/mol. The number of ether oxygens (including phenoxy) is 1. The predicted molar refractivity (Wildman–Crippen MR) is 125 cm³/mol. The van der Waals surface area contributed by atoms with Crippen molar-refractivity contribution >= 4 is 33.2 Å². The second-order valence-corrected chi connectivity index (χ2v) is 8.72. The van der Waals surface area contributed by atoms with Crippen molar-refractivity contribution in [1.82, 2.24) is 24.5 Å². The van der Waals surface area contributed by atoms with Crippen LogP contribution in [0.5, 0.6) is 5.75 Å². The predicted octanol–water partition coefficient (Wildman–Crippen LogP) is 3.72. The van der Waals surface area contributed by atoms with Gasteiger partial charge in [0.2, 0.25) is 11.7 Å². The molecule has 3 heterocycles. The van der Waals surface area contributed by atoms with Crippen LogP contribution < -0.4 is 15.6 Å². The van der Waals surface area contributed by atoms with Crippen LogP contribution in [-0.4, -0.2) is 32.2 Å². The molecule has 4 rings (SSSR count). The van der Waals surface area contributed by atoms with Crippen molar-refractivity contribution in [3.05, 3.63) is 57.5 Å². The minimum absolute atomic E-state index is 0.0150. The Morgan fingerprint density at radius 3 is 2.91 bits per heavy atom. The van der Waals surface area contributed by atoms with Gasteiger partial charge in [-0.15, -0.1) is 21.5 Å². The van der Waals surface area contributed by atoms with Gasteiger partial charge < -0.3 is 10.1 Å². The molecule has 9 heteroatoms. The summed E-state index contributed by atoms with van der Waals surface area (Å²) in [4.78, 5) is 25.3. The number of methoxy groups -OCH3 is 1. The van der Waals surface area contributed by atoms with Crippen LogP contribution in [0.3, 0.4) is 0 Å². The van der Waals surface area contributed by atoms with E-state index in [1.54, 1.807) is 11.7 Å². The van der Waals surface area contributed by atoms with Gasteiger partial charge in [-0.25, -0.2) is 0 Å². The Kier molecular flexibility index (Phi) is 6.55. The fourth-order valence-corrected chi connectivity index (χ4v) is 4.58. The van der Waals surface area contributed by atoms with E-state index in [-0.39, 0.29) is 17.5 Å². The number of fused-ring (bicyclic) bond motifs is 3. The van der Waals surface area contributed by atoms with E-state index < -0.39 is 0 Å². The van der Waals surface area contributed by atoms with Gasteiger partial charge in [0.1, 0.15) is 16.3 Å². The lowest BCUT2D eigenvalue weighted by atomic mass is 10.2. The Morgan fingerprint density at radius 1 is 1.28 bits per heavy atom. The molecule has 0 radical (unpaired) electrons. The Hall–Kier alpha value is -3.20. The van der Waals surface area contributed by atoms with Gasteiger partial charge in [-0.3, -0.25) is 18.6 Å². The molecule has 3 aromatic heterocycles. The molecule has 0 aliphatic rings. The maximum absolute atomic E-state index is 13.0. The molecule has 0 aliphatic heterocycles. The zero-order valence-electron chi connectivity index (χ0n) is 18.5. The van der Waals surface area contributed by atoms with E-state index in [2.05, 4.69) is 15.5 Å². The monoisotopic (exact) mass is 453 g/mol. The summed E-state index contributed by atoms with van der Waals surface area (Å²) in [6.45, 7) is 4.52. The molecule has 0 bridgehead atoms. The molecule has 0 unspecified atom stereocenters. The number of benzene rings is 1. The number of hydrogen-bond acceptors (Lipinski definition) is 6. The van der Waals surface area contributed by atoms with Crippen LogP contribution in [0.25, 0.3) is 16.0 Å².